The maximum absolute atomic E-state index is 11.4. The van der Waals surface area contributed by atoms with Crippen LogP contribution < -0.4 is 21.6 Å². The molecule has 0 radical (unpaired) electrons. The summed E-state index contributed by atoms with van der Waals surface area (Å²) in [6.07, 6.45) is 0. The highest BCUT2D eigenvalue weighted by molar-refractivity contribution is 5.35. The number of hydrogen-bond acceptors (Lipinski definition) is 4. The molecule has 0 aliphatic carbocycles. The van der Waals surface area contributed by atoms with Crippen LogP contribution in [-0.4, -0.2) is 0 Å². The van der Waals surface area contributed by atoms with E-state index in [0.717, 1.165) is 12.1 Å². The van der Waals surface area contributed by atoms with Crippen molar-refractivity contribution in [2.45, 2.75) is 0 Å². The van der Waals surface area contributed by atoms with Crippen LogP contribution in [0, 0.1) is 5.41 Å². The summed E-state index contributed by atoms with van der Waals surface area (Å²) in [7, 11) is 0. The number of benzene rings is 2. The van der Waals surface area contributed by atoms with Crippen molar-refractivity contribution in [3.8, 4) is 0 Å². The molecule has 0 saturated carbocycles. The van der Waals surface area contributed by atoms with Gasteiger partial charge in [-0.3, -0.25) is 15.0 Å². The van der Waals surface area contributed by atoms with Gasteiger partial charge in [0.2, 0.25) is 10.9 Å². The van der Waals surface area contributed by atoms with Gasteiger partial charge < -0.3 is 0 Å². The Labute approximate surface area is 90.4 Å². The Morgan fingerprint density at radius 2 is 1.50 bits per heavy atom. The largest absolute Gasteiger partial charge is 0.295 e. The maximum atomic E-state index is 11.4. The first-order valence-electron chi connectivity index (χ1n) is 4.68. The summed E-state index contributed by atoms with van der Waals surface area (Å²) < 4.78 is 0. The van der Waals surface area contributed by atoms with Crippen LogP contribution in [0.4, 0.5) is 5.69 Å². The molecular formula is C12H8N2O2. The molecule has 1 N–H and O–H groups in total. The van der Waals surface area contributed by atoms with E-state index < -0.39 is 10.9 Å². The molecule has 0 spiro atoms. The molecule has 0 bridgehead atoms. The van der Waals surface area contributed by atoms with Gasteiger partial charge in [0.1, 0.15) is 10.7 Å². The van der Waals surface area contributed by atoms with Gasteiger partial charge in [-0.1, -0.05) is 18.2 Å². The average Bonchev–Trinajstić information content (AvgIpc) is 2.31. The monoisotopic (exact) mass is 212 g/mol. The molecule has 4 nitrogen and oxygen atoms in total. The van der Waals surface area contributed by atoms with E-state index in [1.165, 1.54) is 0 Å². The third-order valence-electron chi connectivity index (χ3n) is 2.10. The molecule has 2 aromatic carbocycles. The van der Waals surface area contributed by atoms with Crippen LogP contribution in [0.15, 0.2) is 57.0 Å². The zero-order valence-corrected chi connectivity index (χ0v) is 8.31. The van der Waals surface area contributed by atoms with Gasteiger partial charge in [0, 0.05) is 0 Å². The van der Waals surface area contributed by atoms with Crippen LogP contribution in [0.2, 0.25) is 0 Å². The van der Waals surface area contributed by atoms with Crippen molar-refractivity contribution in [2.24, 2.45) is 4.99 Å². The molecule has 0 aliphatic rings. The molecule has 0 heterocycles. The lowest BCUT2D eigenvalue weighted by molar-refractivity contribution is 1.12. The molecule has 0 unspecified atom stereocenters. The van der Waals surface area contributed by atoms with E-state index in [1.807, 2.05) is 6.07 Å². The maximum Gasteiger partial charge on any atom is 0.206 e. The van der Waals surface area contributed by atoms with E-state index in [1.54, 1.807) is 24.3 Å². The summed E-state index contributed by atoms with van der Waals surface area (Å²) in [6, 6.07) is 11.0. The standard InChI is InChI=1S/C12H8N2O2/c13-11-9(15)6-7-10(16)12(11)14-8-4-2-1-3-5-8/h1-7,13H. The average molecular weight is 212 g/mol. The molecule has 0 fully saturated rings. The SMILES string of the molecule is N=c1c(=O)ccc(=O)c1=Nc1ccccc1. The molecule has 0 atom stereocenters. The molecule has 4 heteroatoms. The fraction of sp³-hybridized carbons (Fsp3) is 0. The Bertz CT molecular complexity index is 711. The first-order valence-corrected chi connectivity index (χ1v) is 4.68. The first kappa shape index (κ1) is 10.2. The molecule has 2 aromatic rings. The zero-order valence-electron chi connectivity index (χ0n) is 8.31. The summed E-state index contributed by atoms with van der Waals surface area (Å²) in [6.45, 7) is 0. The van der Waals surface area contributed by atoms with E-state index in [0.29, 0.717) is 5.69 Å². The van der Waals surface area contributed by atoms with Gasteiger partial charge in [0.15, 0.2) is 0 Å². The minimum atomic E-state index is -0.491. The molecule has 16 heavy (non-hydrogen) atoms. The van der Waals surface area contributed by atoms with Crippen molar-refractivity contribution in [3.63, 3.8) is 0 Å². The van der Waals surface area contributed by atoms with Gasteiger partial charge in [-0.05, 0) is 24.3 Å². The van der Waals surface area contributed by atoms with Gasteiger partial charge >= 0.3 is 0 Å². The minimum Gasteiger partial charge on any atom is -0.295 e. The number of nitrogens with zero attached hydrogens (tertiary/aromatic N) is 1. The second-order valence-corrected chi connectivity index (χ2v) is 3.23. The smallest absolute Gasteiger partial charge is 0.206 e. The van der Waals surface area contributed by atoms with E-state index in [9.17, 15) is 9.59 Å². The van der Waals surface area contributed by atoms with Crippen molar-refractivity contribution < 1.29 is 0 Å². The van der Waals surface area contributed by atoms with Gasteiger partial charge in [-0.2, -0.15) is 0 Å². The van der Waals surface area contributed by atoms with Crippen molar-refractivity contribution in [1.29, 1.82) is 5.41 Å². The molecule has 0 aromatic heterocycles. The van der Waals surface area contributed by atoms with Crippen LogP contribution in [-0.2, 0) is 0 Å². The van der Waals surface area contributed by atoms with Crippen LogP contribution in [0.5, 0.6) is 0 Å². The van der Waals surface area contributed by atoms with E-state index in [-0.39, 0.29) is 10.7 Å². The van der Waals surface area contributed by atoms with Crippen molar-refractivity contribution in [3.05, 3.63) is 73.6 Å². The number of nitrogens with one attached hydrogen (secondary N) is 1. The Morgan fingerprint density at radius 1 is 0.875 bits per heavy atom. The lowest BCUT2D eigenvalue weighted by Gasteiger charge is -1.90. The Balaban J connectivity index is 2.80. The summed E-state index contributed by atoms with van der Waals surface area (Å²) in [4.78, 5) is 26.6. The Hall–Kier alpha value is -2.36. The fourth-order valence-electron chi connectivity index (χ4n) is 1.30. The van der Waals surface area contributed by atoms with Gasteiger partial charge in [0.05, 0.1) is 5.69 Å². The first-order chi connectivity index (χ1) is 7.68. The Morgan fingerprint density at radius 3 is 2.19 bits per heavy atom. The zero-order chi connectivity index (χ0) is 11.5. The predicted octanol–water partition coefficient (Wildman–Crippen LogP) is -0.00553. The summed E-state index contributed by atoms with van der Waals surface area (Å²) in [5.74, 6) is 0. The fourth-order valence-corrected chi connectivity index (χ4v) is 1.30. The topological polar surface area (TPSA) is 70.3 Å². The van der Waals surface area contributed by atoms with Crippen molar-refractivity contribution in [1.82, 2.24) is 0 Å². The Kier molecular flexibility index (Phi) is 2.55. The minimum absolute atomic E-state index is 0.0984. The van der Waals surface area contributed by atoms with Gasteiger partial charge in [0.25, 0.3) is 0 Å². The molecular weight excluding hydrogens is 204 g/mol. The van der Waals surface area contributed by atoms with Crippen LogP contribution in [0.25, 0.3) is 0 Å². The van der Waals surface area contributed by atoms with Crippen LogP contribution in [0.1, 0.15) is 0 Å². The summed E-state index contributed by atoms with van der Waals surface area (Å²) >= 11 is 0. The van der Waals surface area contributed by atoms with Crippen molar-refractivity contribution in [2.75, 3.05) is 0 Å². The predicted molar refractivity (Wildman–Crippen MR) is 58.9 cm³/mol. The van der Waals surface area contributed by atoms with Crippen LogP contribution in [0.3, 0.4) is 0 Å². The third kappa shape index (κ3) is 1.86. The lowest BCUT2D eigenvalue weighted by Crippen LogP contribution is -2.46. The van der Waals surface area contributed by atoms with Gasteiger partial charge in [-0.25, -0.2) is 4.99 Å². The van der Waals surface area contributed by atoms with Crippen LogP contribution >= 0.6 is 0 Å². The molecule has 0 amide bonds. The van der Waals surface area contributed by atoms with Crippen molar-refractivity contribution >= 4 is 5.69 Å². The second-order valence-electron chi connectivity index (χ2n) is 3.23. The molecule has 0 aliphatic heterocycles. The highest BCUT2D eigenvalue weighted by Crippen LogP contribution is 2.06. The summed E-state index contributed by atoms with van der Waals surface area (Å²) in [5, 5.41) is 7.03. The van der Waals surface area contributed by atoms with E-state index >= 15 is 0 Å². The molecule has 2 rings (SSSR count). The third-order valence-corrected chi connectivity index (χ3v) is 2.10. The number of rotatable bonds is 1. The quantitative estimate of drug-likeness (QED) is 0.722. The normalized spacial score (nSPS) is 11.6. The molecule has 0 saturated heterocycles. The lowest BCUT2D eigenvalue weighted by atomic mass is 10.3. The molecule has 78 valence electrons. The number of hydrogen-bond donors (Lipinski definition) is 1. The van der Waals surface area contributed by atoms with E-state index in [2.05, 4.69) is 4.99 Å². The second kappa shape index (κ2) is 4.02. The van der Waals surface area contributed by atoms with E-state index in [4.69, 9.17) is 5.41 Å². The van der Waals surface area contributed by atoms with Gasteiger partial charge in [-0.15, -0.1) is 0 Å². The summed E-state index contributed by atoms with van der Waals surface area (Å²) in [5.41, 5.74) is -0.346. The highest BCUT2D eigenvalue weighted by atomic mass is 16.1. The highest BCUT2D eigenvalue weighted by Gasteiger charge is 1.97. The number of para-hydroxylation sites is 1.